The van der Waals surface area contributed by atoms with Crippen LogP contribution in [0.2, 0.25) is 5.02 Å². The van der Waals surface area contributed by atoms with Crippen molar-refractivity contribution in [3.8, 4) is 10.6 Å². The number of nitrogens with one attached hydrogen (secondary N) is 1. The largest absolute Gasteiger partial charge is 0.337 e. The Labute approximate surface area is 136 Å². The van der Waals surface area contributed by atoms with E-state index in [0.29, 0.717) is 10.8 Å². The van der Waals surface area contributed by atoms with Crippen LogP contribution in [0.15, 0.2) is 60.4 Å². The van der Waals surface area contributed by atoms with Crippen molar-refractivity contribution in [2.45, 2.75) is 0 Å². The number of anilines is 2. The molecule has 108 valence electrons. The summed E-state index contributed by atoms with van der Waals surface area (Å²) in [4.78, 5) is 10.1. The molecule has 0 aliphatic heterocycles. The first-order valence-electron chi connectivity index (χ1n) is 6.70. The Morgan fingerprint density at radius 3 is 2.73 bits per heavy atom. The van der Waals surface area contributed by atoms with E-state index in [1.54, 1.807) is 17.5 Å². The summed E-state index contributed by atoms with van der Waals surface area (Å²) in [7, 11) is 0. The van der Waals surface area contributed by atoms with E-state index in [0.717, 1.165) is 17.0 Å². The fraction of sp³-hybridized carbons (Fsp3) is 0. The molecular formula is C16H11ClN4S. The maximum atomic E-state index is 5.91. The molecule has 6 heteroatoms. The average Bonchev–Trinajstić information content (AvgIpc) is 3.18. The zero-order valence-corrected chi connectivity index (χ0v) is 13.0. The van der Waals surface area contributed by atoms with Gasteiger partial charge in [0.1, 0.15) is 0 Å². The van der Waals surface area contributed by atoms with Crippen LogP contribution in [0.25, 0.3) is 16.2 Å². The van der Waals surface area contributed by atoms with Crippen LogP contribution in [0.4, 0.5) is 11.5 Å². The Kier molecular flexibility index (Phi) is 3.29. The summed E-state index contributed by atoms with van der Waals surface area (Å²) in [6.07, 6.45) is 5.56. The molecule has 22 heavy (non-hydrogen) atoms. The van der Waals surface area contributed by atoms with Crippen LogP contribution < -0.4 is 5.32 Å². The Balaban J connectivity index is 1.77. The molecule has 0 saturated heterocycles. The first-order valence-corrected chi connectivity index (χ1v) is 7.95. The third kappa shape index (κ3) is 2.34. The van der Waals surface area contributed by atoms with Gasteiger partial charge in [-0.25, -0.2) is 9.97 Å². The number of rotatable bonds is 3. The van der Waals surface area contributed by atoms with E-state index >= 15 is 0 Å². The number of nitrogens with zero attached hydrogens (tertiary/aromatic N) is 3. The lowest BCUT2D eigenvalue weighted by Gasteiger charge is -2.07. The summed E-state index contributed by atoms with van der Waals surface area (Å²) in [6.45, 7) is 0. The fourth-order valence-electron chi connectivity index (χ4n) is 2.28. The van der Waals surface area contributed by atoms with Crippen molar-refractivity contribution in [1.82, 2.24) is 14.4 Å². The molecule has 3 heterocycles. The summed E-state index contributed by atoms with van der Waals surface area (Å²) in [5.74, 6) is 0.715. The molecule has 0 fully saturated rings. The highest BCUT2D eigenvalue weighted by molar-refractivity contribution is 7.13. The molecule has 1 N–H and O–H groups in total. The lowest BCUT2D eigenvalue weighted by Crippen LogP contribution is -1.98. The van der Waals surface area contributed by atoms with Gasteiger partial charge in [-0.3, -0.25) is 4.40 Å². The SMILES string of the molecule is Clc1ccc(Nc2nccn3c(-c4cccs4)cnc23)cc1. The van der Waals surface area contributed by atoms with E-state index in [9.17, 15) is 0 Å². The smallest absolute Gasteiger partial charge is 0.180 e. The number of thiophene rings is 1. The van der Waals surface area contributed by atoms with Crippen LogP contribution in [0.5, 0.6) is 0 Å². The van der Waals surface area contributed by atoms with Gasteiger partial charge >= 0.3 is 0 Å². The zero-order chi connectivity index (χ0) is 14.9. The van der Waals surface area contributed by atoms with Crippen molar-refractivity contribution >= 4 is 40.1 Å². The van der Waals surface area contributed by atoms with Crippen LogP contribution >= 0.6 is 22.9 Å². The molecule has 0 spiro atoms. The Morgan fingerprint density at radius 1 is 1.09 bits per heavy atom. The zero-order valence-electron chi connectivity index (χ0n) is 11.4. The standard InChI is InChI=1S/C16H11ClN4S/c17-11-3-5-12(6-4-11)20-15-16-19-10-13(14-2-1-9-22-14)21(16)8-7-18-15/h1-10H,(H,18,20). The van der Waals surface area contributed by atoms with Crippen molar-refractivity contribution in [3.05, 3.63) is 65.4 Å². The molecule has 3 aromatic heterocycles. The summed E-state index contributed by atoms with van der Waals surface area (Å²) in [6, 6.07) is 11.6. The number of fused-ring (bicyclic) bond motifs is 1. The van der Waals surface area contributed by atoms with Gasteiger partial charge in [0.05, 0.1) is 16.8 Å². The highest BCUT2D eigenvalue weighted by atomic mass is 35.5. The molecule has 4 rings (SSSR count). The Bertz CT molecular complexity index is 913. The highest BCUT2D eigenvalue weighted by Crippen LogP contribution is 2.28. The minimum atomic E-state index is 0.706. The number of benzene rings is 1. The lowest BCUT2D eigenvalue weighted by atomic mass is 10.3. The molecular weight excluding hydrogens is 316 g/mol. The normalized spacial score (nSPS) is 11.0. The van der Waals surface area contributed by atoms with E-state index in [1.165, 1.54) is 4.88 Å². The van der Waals surface area contributed by atoms with E-state index in [2.05, 4.69) is 26.7 Å². The van der Waals surface area contributed by atoms with Crippen LogP contribution in [0.3, 0.4) is 0 Å². The molecule has 0 unspecified atom stereocenters. The number of aromatic nitrogens is 3. The molecule has 1 aromatic carbocycles. The predicted octanol–water partition coefficient (Wildman–Crippen LogP) is 4.85. The van der Waals surface area contributed by atoms with Gasteiger partial charge in [-0.1, -0.05) is 17.7 Å². The molecule has 0 aliphatic carbocycles. The summed E-state index contributed by atoms with van der Waals surface area (Å²) >= 11 is 7.60. The summed E-state index contributed by atoms with van der Waals surface area (Å²) < 4.78 is 2.04. The topological polar surface area (TPSA) is 42.2 Å². The molecule has 0 bridgehead atoms. The maximum absolute atomic E-state index is 5.91. The van der Waals surface area contributed by atoms with Gasteiger partial charge in [0.15, 0.2) is 11.5 Å². The first-order chi connectivity index (χ1) is 10.8. The Morgan fingerprint density at radius 2 is 1.95 bits per heavy atom. The molecule has 0 aliphatic rings. The molecule has 0 radical (unpaired) electrons. The summed E-state index contributed by atoms with van der Waals surface area (Å²) in [5, 5.41) is 6.05. The van der Waals surface area contributed by atoms with Crippen molar-refractivity contribution in [2.24, 2.45) is 0 Å². The number of hydrogen-bond donors (Lipinski definition) is 1. The van der Waals surface area contributed by atoms with Gasteiger partial charge < -0.3 is 5.32 Å². The van der Waals surface area contributed by atoms with Crippen LogP contribution in [-0.2, 0) is 0 Å². The van der Waals surface area contributed by atoms with Gasteiger partial charge in [-0.15, -0.1) is 11.3 Å². The monoisotopic (exact) mass is 326 g/mol. The van der Waals surface area contributed by atoms with Crippen LogP contribution in [0.1, 0.15) is 0 Å². The molecule has 0 atom stereocenters. The van der Waals surface area contributed by atoms with Gasteiger partial charge in [-0.2, -0.15) is 0 Å². The summed E-state index contributed by atoms with van der Waals surface area (Å²) in [5.41, 5.74) is 2.78. The van der Waals surface area contributed by atoms with Crippen molar-refractivity contribution in [2.75, 3.05) is 5.32 Å². The Hall–Kier alpha value is -2.37. The highest BCUT2D eigenvalue weighted by Gasteiger charge is 2.10. The molecule has 0 saturated carbocycles. The van der Waals surface area contributed by atoms with Gasteiger partial charge in [0.25, 0.3) is 0 Å². The first kappa shape index (κ1) is 13.3. The predicted molar refractivity (Wildman–Crippen MR) is 91.0 cm³/mol. The number of hydrogen-bond acceptors (Lipinski definition) is 4. The van der Waals surface area contributed by atoms with E-state index < -0.39 is 0 Å². The van der Waals surface area contributed by atoms with E-state index in [4.69, 9.17) is 11.6 Å². The van der Waals surface area contributed by atoms with E-state index in [-0.39, 0.29) is 0 Å². The molecule has 4 nitrogen and oxygen atoms in total. The molecule has 4 aromatic rings. The minimum absolute atomic E-state index is 0.706. The third-order valence-electron chi connectivity index (χ3n) is 3.31. The number of imidazole rings is 1. The second kappa shape index (κ2) is 5.44. The van der Waals surface area contributed by atoms with Gasteiger partial charge in [0, 0.05) is 23.1 Å². The molecule has 0 amide bonds. The maximum Gasteiger partial charge on any atom is 0.180 e. The quantitative estimate of drug-likeness (QED) is 0.585. The van der Waals surface area contributed by atoms with Crippen molar-refractivity contribution in [1.29, 1.82) is 0 Å². The van der Waals surface area contributed by atoms with E-state index in [1.807, 2.05) is 47.1 Å². The van der Waals surface area contributed by atoms with Gasteiger partial charge in [-0.05, 0) is 35.7 Å². The number of halogens is 1. The lowest BCUT2D eigenvalue weighted by molar-refractivity contribution is 1.13. The second-order valence-electron chi connectivity index (χ2n) is 4.72. The van der Waals surface area contributed by atoms with Crippen LogP contribution in [-0.4, -0.2) is 14.4 Å². The van der Waals surface area contributed by atoms with Crippen molar-refractivity contribution < 1.29 is 0 Å². The fourth-order valence-corrected chi connectivity index (χ4v) is 3.14. The average molecular weight is 327 g/mol. The third-order valence-corrected chi connectivity index (χ3v) is 4.45. The van der Waals surface area contributed by atoms with Crippen LogP contribution in [0, 0.1) is 0 Å². The second-order valence-corrected chi connectivity index (χ2v) is 6.11. The minimum Gasteiger partial charge on any atom is -0.337 e. The van der Waals surface area contributed by atoms with Crippen molar-refractivity contribution in [3.63, 3.8) is 0 Å². The van der Waals surface area contributed by atoms with Gasteiger partial charge in [0.2, 0.25) is 0 Å².